The number of aryl methyl sites for hydroxylation is 1. The van der Waals surface area contributed by atoms with Crippen molar-refractivity contribution in [2.45, 2.75) is 25.3 Å². The summed E-state index contributed by atoms with van der Waals surface area (Å²) in [6.45, 7) is 1.16. The number of rotatable bonds is 3. The van der Waals surface area contributed by atoms with Gasteiger partial charge < -0.3 is 14.5 Å². The number of fused-ring (bicyclic) bond motifs is 2. The molecule has 5 rings (SSSR count). The number of benzene rings is 1. The number of hydrogen-bond acceptors (Lipinski definition) is 5. The number of halogens is 2. The maximum Gasteiger partial charge on any atom is 0.586 e. The fraction of sp³-hybridized carbons (Fsp3) is 0.333. The molecule has 2 aliphatic heterocycles. The van der Waals surface area contributed by atoms with Gasteiger partial charge in [0.25, 0.3) is 0 Å². The summed E-state index contributed by atoms with van der Waals surface area (Å²) >= 11 is 0. The number of aromatic nitrogens is 4. The van der Waals surface area contributed by atoms with Gasteiger partial charge in [0.05, 0.1) is 23.8 Å². The summed E-state index contributed by atoms with van der Waals surface area (Å²) in [7, 11) is 1.88. The van der Waals surface area contributed by atoms with Crippen LogP contribution in [0.2, 0.25) is 0 Å². The van der Waals surface area contributed by atoms with Gasteiger partial charge in [-0.15, -0.1) is 8.78 Å². The molecule has 2 aliphatic rings. The zero-order valence-corrected chi connectivity index (χ0v) is 14.5. The Morgan fingerprint density at radius 1 is 1.30 bits per heavy atom. The highest BCUT2D eigenvalue weighted by molar-refractivity contribution is 5.49. The van der Waals surface area contributed by atoms with E-state index in [1.165, 1.54) is 6.07 Å². The molecule has 2 aromatic heterocycles. The minimum absolute atomic E-state index is 0.0621. The molecule has 9 heteroatoms. The first-order valence-electron chi connectivity index (χ1n) is 8.64. The standard InChI is InChI=1S/C18H17F2N5O2/c1-24-13(5-7-23-24)16-15-12(21-10-22-15)6-8-25(16)9-11-3-2-4-14-17(11)27-18(19,20)26-14/h2-5,7,10,16H,6,8-9H2,1H3,(H,21,22). The number of H-pyrrole nitrogens is 1. The van der Waals surface area contributed by atoms with Crippen LogP contribution in [0.15, 0.2) is 36.8 Å². The van der Waals surface area contributed by atoms with Gasteiger partial charge in [-0.1, -0.05) is 12.1 Å². The van der Waals surface area contributed by atoms with Gasteiger partial charge in [0.1, 0.15) is 0 Å². The normalized spacial score (nSPS) is 20.6. The minimum Gasteiger partial charge on any atom is -0.395 e. The average Bonchev–Trinajstić information content (AvgIpc) is 3.32. The van der Waals surface area contributed by atoms with E-state index in [0.717, 1.165) is 30.0 Å². The van der Waals surface area contributed by atoms with E-state index in [-0.39, 0.29) is 17.5 Å². The molecule has 3 aromatic rings. The van der Waals surface area contributed by atoms with Crippen LogP contribution in [0.1, 0.15) is 28.7 Å². The molecule has 0 radical (unpaired) electrons. The minimum atomic E-state index is -3.63. The van der Waals surface area contributed by atoms with E-state index in [1.807, 2.05) is 17.8 Å². The fourth-order valence-electron chi connectivity index (χ4n) is 3.84. The van der Waals surface area contributed by atoms with Gasteiger partial charge in [-0.25, -0.2) is 4.98 Å². The summed E-state index contributed by atoms with van der Waals surface area (Å²) in [4.78, 5) is 9.89. The summed E-state index contributed by atoms with van der Waals surface area (Å²) in [6.07, 6.45) is 0.602. The quantitative estimate of drug-likeness (QED) is 0.764. The van der Waals surface area contributed by atoms with Crippen molar-refractivity contribution in [3.05, 3.63) is 59.4 Å². The van der Waals surface area contributed by atoms with Crippen LogP contribution in [-0.2, 0) is 20.0 Å². The van der Waals surface area contributed by atoms with E-state index in [1.54, 1.807) is 24.7 Å². The van der Waals surface area contributed by atoms with Crippen molar-refractivity contribution in [1.29, 1.82) is 0 Å². The maximum atomic E-state index is 13.5. The lowest BCUT2D eigenvalue weighted by molar-refractivity contribution is -0.287. The first-order chi connectivity index (χ1) is 13.0. The summed E-state index contributed by atoms with van der Waals surface area (Å²) < 4.78 is 38.2. The molecule has 1 atom stereocenters. The Morgan fingerprint density at radius 2 is 2.19 bits per heavy atom. The molecule has 27 heavy (non-hydrogen) atoms. The third-order valence-electron chi connectivity index (χ3n) is 5.05. The Bertz CT molecular complexity index is 999. The summed E-state index contributed by atoms with van der Waals surface area (Å²) in [5.41, 5.74) is 3.65. The van der Waals surface area contributed by atoms with Gasteiger partial charge in [-0.3, -0.25) is 9.58 Å². The molecule has 1 N–H and O–H groups in total. The first-order valence-corrected chi connectivity index (χ1v) is 8.64. The van der Waals surface area contributed by atoms with Gasteiger partial charge >= 0.3 is 6.29 Å². The number of imidazole rings is 1. The van der Waals surface area contributed by atoms with E-state index in [2.05, 4.69) is 24.7 Å². The highest BCUT2D eigenvalue weighted by Gasteiger charge is 2.45. The van der Waals surface area contributed by atoms with Crippen molar-refractivity contribution in [3.8, 4) is 11.5 Å². The lowest BCUT2D eigenvalue weighted by Crippen LogP contribution is -2.37. The van der Waals surface area contributed by atoms with Gasteiger partial charge in [0, 0.05) is 44.0 Å². The summed E-state index contributed by atoms with van der Waals surface area (Å²) in [5.74, 6) is 0.158. The molecule has 140 valence electrons. The van der Waals surface area contributed by atoms with Crippen molar-refractivity contribution in [3.63, 3.8) is 0 Å². The number of hydrogen-bond donors (Lipinski definition) is 1. The predicted octanol–water partition coefficient (Wildman–Crippen LogP) is 2.61. The van der Waals surface area contributed by atoms with E-state index in [9.17, 15) is 8.78 Å². The molecule has 0 saturated carbocycles. The monoisotopic (exact) mass is 373 g/mol. The molecule has 4 heterocycles. The highest BCUT2D eigenvalue weighted by atomic mass is 19.3. The Hall–Kier alpha value is -2.94. The second-order valence-electron chi connectivity index (χ2n) is 6.68. The van der Waals surface area contributed by atoms with Crippen LogP contribution in [0.3, 0.4) is 0 Å². The van der Waals surface area contributed by atoms with Crippen LogP contribution in [0, 0.1) is 0 Å². The van der Waals surface area contributed by atoms with Gasteiger partial charge in [0.15, 0.2) is 11.5 Å². The Morgan fingerprint density at radius 3 is 3.00 bits per heavy atom. The van der Waals surface area contributed by atoms with Gasteiger partial charge in [-0.05, 0) is 12.1 Å². The summed E-state index contributed by atoms with van der Waals surface area (Å²) in [5, 5.41) is 4.28. The molecule has 0 bridgehead atoms. The number of para-hydroxylation sites is 1. The van der Waals surface area contributed by atoms with E-state index < -0.39 is 6.29 Å². The molecule has 0 aliphatic carbocycles. The van der Waals surface area contributed by atoms with Gasteiger partial charge in [0.2, 0.25) is 0 Å². The van der Waals surface area contributed by atoms with Crippen molar-refractivity contribution in [2.24, 2.45) is 7.05 Å². The van der Waals surface area contributed by atoms with Crippen molar-refractivity contribution in [2.75, 3.05) is 6.54 Å². The van der Waals surface area contributed by atoms with Gasteiger partial charge in [-0.2, -0.15) is 5.10 Å². The smallest absolute Gasteiger partial charge is 0.395 e. The predicted molar refractivity (Wildman–Crippen MR) is 90.4 cm³/mol. The first kappa shape index (κ1) is 16.2. The second kappa shape index (κ2) is 5.78. The average molecular weight is 373 g/mol. The number of ether oxygens (including phenoxy) is 2. The van der Waals surface area contributed by atoms with Crippen LogP contribution in [-0.4, -0.2) is 37.5 Å². The van der Waals surface area contributed by atoms with Crippen LogP contribution in [0.5, 0.6) is 11.5 Å². The summed E-state index contributed by atoms with van der Waals surface area (Å²) in [6, 6.07) is 6.78. The van der Waals surface area contributed by atoms with Crippen molar-refractivity contribution >= 4 is 0 Å². The molecular weight excluding hydrogens is 356 g/mol. The number of aromatic amines is 1. The van der Waals surface area contributed by atoms with E-state index >= 15 is 0 Å². The molecule has 0 fully saturated rings. The molecule has 0 amide bonds. The molecule has 7 nitrogen and oxygen atoms in total. The maximum absolute atomic E-state index is 13.5. The lowest BCUT2D eigenvalue weighted by atomic mass is 9.98. The Kier molecular flexibility index (Phi) is 3.48. The van der Waals surface area contributed by atoms with Crippen molar-refractivity contribution < 1.29 is 18.3 Å². The molecular formula is C18H17F2N5O2. The molecule has 0 spiro atoms. The second-order valence-corrected chi connectivity index (χ2v) is 6.68. The van der Waals surface area contributed by atoms with E-state index in [4.69, 9.17) is 4.74 Å². The zero-order chi connectivity index (χ0) is 18.6. The third kappa shape index (κ3) is 2.66. The van der Waals surface area contributed by atoms with Crippen LogP contribution >= 0.6 is 0 Å². The molecule has 1 unspecified atom stereocenters. The zero-order valence-electron chi connectivity index (χ0n) is 14.5. The van der Waals surface area contributed by atoms with Crippen molar-refractivity contribution in [1.82, 2.24) is 24.6 Å². The Balaban J connectivity index is 1.53. The van der Waals surface area contributed by atoms with Crippen LogP contribution in [0.4, 0.5) is 8.78 Å². The largest absolute Gasteiger partial charge is 0.586 e. The number of alkyl halides is 2. The SMILES string of the molecule is Cn1nccc1C1c2nc[nH]c2CCN1Cc1cccc2c1OC(F)(F)O2. The van der Waals surface area contributed by atoms with Crippen LogP contribution in [0.25, 0.3) is 0 Å². The number of nitrogens with zero attached hydrogens (tertiary/aromatic N) is 4. The Labute approximate surface area is 153 Å². The molecule has 1 aromatic carbocycles. The topological polar surface area (TPSA) is 68.2 Å². The number of nitrogens with one attached hydrogen (secondary N) is 1. The third-order valence-corrected chi connectivity index (χ3v) is 5.05. The van der Waals surface area contributed by atoms with E-state index in [0.29, 0.717) is 12.1 Å². The van der Waals surface area contributed by atoms with Crippen LogP contribution < -0.4 is 9.47 Å². The fourth-order valence-corrected chi connectivity index (χ4v) is 3.84. The highest BCUT2D eigenvalue weighted by Crippen LogP contribution is 2.44. The lowest BCUT2D eigenvalue weighted by Gasteiger charge is -2.35. The molecule has 0 saturated heterocycles.